The van der Waals surface area contributed by atoms with E-state index in [2.05, 4.69) is 21.2 Å². The molecule has 2 rings (SSSR count). The first-order valence-electron chi connectivity index (χ1n) is 10.7. The molecule has 0 saturated carbocycles. The van der Waals surface area contributed by atoms with Gasteiger partial charge in [-0.3, -0.25) is 9.59 Å². The van der Waals surface area contributed by atoms with Gasteiger partial charge in [-0.2, -0.15) is 12.7 Å². The number of nitrogens with one attached hydrogen (secondary N) is 1. The molecular weight excluding hydrogens is 527 g/mol. The predicted molar refractivity (Wildman–Crippen MR) is 134 cm³/mol. The van der Waals surface area contributed by atoms with Crippen LogP contribution in [0.4, 0.5) is 10.1 Å². The third-order valence-electron chi connectivity index (χ3n) is 5.12. The lowest BCUT2D eigenvalue weighted by Gasteiger charge is -2.33. The number of halogens is 2. The Morgan fingerprint density at radius 2 is 1.71 bits per heavy atom. The molecule has 8 nitrogen and oxygen atoms in total. The van der Waals surface area contributed by atoms with Crippen molar-refractivity contribution < 1.29 is 22.4 Å². The second-order valence-corrected chi connectivity index (χ2v) is 10.8. The summed E-state index contributed by atoms with van der Waals surface area (Å²) in [5.41, 5.74) is 0.496. The number of amides is 2. The summed E-state index contributed by atoms with van der Waals surface area (Å²) in [6.45, 7) is 3.33. The van der Waals surface area contributed by atoms with Crippen LogP contribution < -0.4 is 9.62 Å². The normalized spacial score (nSPS) is 12.3. The molecule has 0 spiro atoms. The quantitative estimate of drug-likeness (QED) is 0.460. The molecule has 0 aliphatic heterocycles. The average molecular weight is 557 g/mol. The van der Waals surface area contributed by atoms with Gasteiger partial charge in [0.05, 0.1) is 5.69 Å². The first-order chi connectivity index (χ1) is 16.0. The van der Waals surface area contributed by atoms with E-state index in [9.17, 15) is 22.4 Å². The molecule has 0 aliphatic rings. The maximum atomic E-state index is 14.6. The summed E-state index contributed by atoms with van der Waals surface area (Å²) < 4.78 is 43.1. The van der Waals surface area contributed by atoms with E-state index in [1.165, 1.54) is 37.2 Å². The topological polar surface area (TPSA) is 90.0 Å². The molecule has 1 N–H and O–H groups in total. The smallest absolute Gasteiger partial charge is 0.304 e. The van der Waals surface area contributed by atoms with Crippen LogP contribution in [0.5, 0.6) is 0 Å². The minimum absolute atomic E-state index is 0.0694. The van der Waals surface area contributed by atoms with Gasteiger partial charge in [0.25, 0.3) is 0 Å². The van der Waals surface area contributed by atoms with Crippen molar-refractivity contribution in [3.8, 4) is 0 Å². The Hall–Kier alpha value is -2.50. The fourth-order valence-electron chi connectivity index (χ4n) is 3.12. The van der Waals surface area contributed by atoms with E-state index in [0.29, 0.717) is 6.54 Å². The molecule has 0 aromatic heterocycles. The van der Waals surface area contributed by atoms with Crippen LogP contribution in [0.15, 0.2) is 53.0 Å². The van der Waals surface area contributed by atoms with Crippen LogP contribution >= 0.6 is 15.9 Å². The van der Waals surface area contributed by atoms with Crippen molar-refractivity contribution in [2.24, 2.45) is 0 Å². The zero-order valence-corrected chi connectivity index (χ0v) is 22.1. The molecule has 186 valence electrons. The van der Waals surface area contributed by atoms with Gasteiger partial charge >= 0.3 is 10.2 Å². The van der Waals surface area contributed by atoms with E-state index in [4.69, 9.17) is 0 Å². The Balaban J connectivity index is 2.44. The Morgan fingerprint density at radius 1 is 1.09 bits per heavy atom. The molecular formula is C23H30BrFN4O4S. The van der Waals surface area contributed by atoms with Crippen molar-refractivity contribution in [3.05, 3.63) is 64.4 Å². The number of hydrogen-bond donors (Lipinski definition) is 1. The number of rotatable bonds is 11. The lowest BCUT2D eigenvalue weighted by atomic mass is 10.1. The Labute approximate surface area is 209 Å². The predicted octanol–water partition coefficient (Wildman–Crippen LogP) is 3.14. The van der Waals surface area contributed by atoms with Crippen LogP contribution in [0.3, 0.4) is 0 Å². The van der Waals surface area contributed by atoms with Gasteiger partial charge in [0.1, 0.15) is 18.4 Å². The van der Waals surface area contributed by atoms with Gasteiger partial charge in [0.15, 0.2) is 0 Å². The lowest BCUT2D eigenvalue weighted by molar-refractivity contribution is -0.139. The summed E-state index contributed by atoms with van der Waals surface area (Å²) in [6, 6.07) is 11.7. The van der Waals surface area contributed by atoms with Gasteiger partial charge in [-0.25, -0.2) is 8.70 Å². The first-order valence-corrected chi connectivity index (χ1v) is 12.9. The number of anilines is 1. The van der Waals surface area contributed by atoms with Crippen molar-refractivity contribution in [3.63, 3.8) is 0 Å². The highest BCUT2D eigenvalue weighted by Crippen LogP contribution is 2.24. The largest absolute Gasteiger partial charge is 0.354 e. The van der Waals surface area contributed by atoms with Crippen molar-refractivity contribution in [1.82, 2.24) is 14.5 Å². The number of hydrogen-bond acceptors (Lipinski definition) is 4. The van der Waals surface area contributed by atoms with Gasteiger partial charge in [-0.05, 0) is 43.2 Å². The number of nitrogens with zero attached hydrogens (tertiary/aromatic N) is 3. The van der Waals surface area contributed by atoms with Crippen molar-refractivity contribution in [2.45, 2.75) is 32.9 Å². The number of carbonyl (C=O) groups is 2. The van der Waals surface area contributed by atoms with E-state index >= 15 is 0 Å². The summed E-state index contributed by atoms with van der Waals surface area (Å²) in [7, 11) is -1.61. The molecule has 2 amide bonds. The molecule has 0 radical (unpaired) electrons. The van der Waals surface area contributed by atoms with Crippen LogP contribution in [0.1, 0.15) is 25.8 Å². The van der Waals surface area contributed by atoms with Gasteiger partial charge in [-0.1, -0.05) is 47.1 Å². The minimum atomic E-state index is -4.21. The molecule has 2 aromatic rings. The highest BCUT2D eigenvalue weighted by molar-refractivity contribution is 9.10. The van der Waals surface area contributed by atoms with Crippen LogP contribution in [-0.2, 0) is 26.3 Å². The molecule has 1 atom stereocenters. The monoisotopic (exact) mass is 556 g/mol. The molecule has 34 heavy (non-hydrogen) atoms. The third kappa shape index (κ3) is 7.00. The van der Waals surface area contributed by atoms with Gasteiger partial charge < -0.3 is 10.2 Å². The van der Waals surface area contributed by atoms with Gasteiger partial charge in [0.2, 0.25) is 11.8 Å². The van der Waals surface area contributed by atoms with Crippen molar-refractivity contribution >= 4 is 43.6 Å². The highest BCUT2D eigenvalue weighted by atomic mass is 79.9. The highest BCUT2D eigenvalue weighted by Gasteiger charge is 2.33. The number of para-hydroxylation sites is 1. The van der Waals surface area contributed by atoms with E-state index in [1.807, 2.05) is 19.1 Å². The van der Waals surface area contributed by atoms with Crippen LogP contribution in [-0.4, -0.2) is 62.7 Å². The molecule has 0 heterocycles. The summed E-state index contributed by atoms with van der Waals surface area (Å²) in [4.78, 5) is 27.5. The molecule has 0 saturated heterocycles. The van der Waals surface area contributed by atoms with Gasteiger partial charge in [-0.15, -0.1) is 0 Å². The van der Waals surface area contributed by atoms with Crippen LogP contribution in [0.2, 0.25) is 0 Å². The van der Waals surface area contributed by atoms with Crippen LogP contribution in [0, 0.1) is 5.82 Å². The molecule has 0 fully saturated rings. The molecule has 11 heteroatoms. The van der Waals surface area contributed by atoms with E-state index in [1.54, 1.807) is 19.1 Å². The van der Waals surface area contributed by atoms with Crippen molar-refractivity contribution in [2.75, 3.05) is 31.5 Å². The summed E-state index contributed by atoms with van der Waals surface area (Å²) in [5.74, 6) is -1.79. The zero-order valence-electron chi connectivity index (χ0n) is 19.7. The first kappa shape index (κ1) is 27.7. The molecule has 0 aliphatic carbocycles. The second kappa shape index (κ2) is 12.3. The maximum Gasteiger partial charge on any atom is 0.304 e. The van der Waals surface area contributed by atoms with E-state index < -0.39 is 34.5 Å². The molecule has 0 bridgehead atoms. The molecule has 0 unspecified atom stereocenters. The standard InChI is InChI=1S/C23H30BrFN4O4S/c1-5-14-26-23(31)17(2)28(15-18-10-12-19(24)13-11-18)22(30)16-29(34(32,33)27(3)4)21-9-7-6-8-20(21)25/h6-13,17H,5,14-16H2,1-4H3,(H,26,31)/t17-/m1/s1. The molecule has 2 aromatic carbocycles. The fraction of sp³-hybridized carbons (Fsp3) is 0.391. The number of carbonyl (C=O) groups excluding carboxylic acids is 2. The van der Waals surface area contributed by atoms with Crippen molar-refractivity contribution in [1.29, 1.82) is 0 Å². The van der Waals surface area contributed by atoms with E-state index in [-0.39, 0.29) is 18.1 Å². The Bertz CT molecular complexity index is 1100. The Kier molecular flexibility index (Phi) is 10.0. The summed E-state index contributed by atoms with van der Waals surface area (Å²) >= 11 is 3.36. The second-order valence-electron chi connectivity index (χ2n) is 7.86. The minimum Gasteiger partial charge on any atom is -0.354 e. The van der Waals surface area contributed by atoms with Crippen LogP contribution in [0.25, 0.3) is 0 Å². The lowest BCUT2D eigenvalue weighted by Crippen LogP contribution is -2.52. The fourth-order valence-corrected chi connectivity index (χ4v) is 4.45. The average Bonchev–Trinajstić information content (AvgIpc) is 2.80. The maximum absolute atomic E-state index is 14.6. The summed E-state index contributed by atoms with van der Waals surface area (Å²) in [6.07, 6.45) is 0.723. The van der Waals surface area contributed by atoms with Gasteiger partial charge in [0, 0.05) is 31.7 Å². The SMILES string of the molecule is CCCNC(=O)[C@@H](C)N(Cc1ccc(Br)cc1)C(=O)CN(c1ccccc1F)S(=O)(=O)N(C)C. The van der Waals surface area contributed by atoms with E-state index in [0.717, 1.165) is 31.1 Å². The Morgan fingerprint density at radius 3 is 2.26 bits per heavy atom. The zero-order chi connectivity index (χ0) is 25.5. The third-order valence-corrected chi connectivity index (χ3v) is 7.46. The summed E-state index contributed by atoms with van der Waals surface area (Å²) in [5, 5.41) is 2.76. The number of benzene rings is 2.